The molecular formula is C15H26N4O. The number of hydrogen-bond donors (Lipinski definition) is 1. The summed E-state index contributed by atoms with van der Waals surface area (Å²) < 4.78 is 0. The van der Waals surface area contributed by atoms with E-state index < -0.39 is 0 Å². The number of carbonyl (C=O) groups is 1. The Morgan fingerprint density at radius 1 is 1.40 bits per heavy atom. The Kier molecular flexibility index (Phi) is 7.18. The molecule has 0 aliphatic rings. The molecule has 0 saturated heterocycles. The van der Waals surface area contributed by atoms with Crippen LogP contribution in [0.4, 0.5) is 0 Å². The first-order valence-electron chi connectivity index (χ1n) is 7.10. The minimum absolute atomic E-state index is 0.0572. The summed E-state index contributed by atoms with van der Waals surface area (Å²) in [6, 6.07) is 3.82. The quantitative estimate of drug-likeness (QED) is 0.773. The molecule has 0 aliphatic carbocycles. The molecule has 1 aromatic rings. The van der Waals surface area contributed by atoms with E-state index in [1.807, 2.05) is 38.1 Å². The summed E-state index contributed by atoms with van der Waals surface area (Å²) in [7, 11) is 4.01. The van der Waals surface area contributed by atoms with Gasteiger partial charge in [-0.3, -0.25) is 9.78 Å². The van der Waals surface area contributed by atoms with Crippen molar-refractivity contribution in [1.29, 1.82) is 0 Å². The van der Waals surface area contributed by atoms with Crippen molar-refractivity contribution in [3.63, 3.8) is 0 Å². The highest BCUT2D eigenvalue weighted by Gasteiger charge is 2.16. The van der Waals surface area contributed by atoms with Gasteiger partial charge < -0.3 is 15.5 Å². The van der Waals surface area contributed by atoms with Crippen LogP contribution in [0.15, 0.2) is 24.5 Å². The third-order valence-corrected chi connectivity index (χ3v) is 3.23. The first-order chi connectivity index (χ1) is 9.52. The van der Waals surface area contributed by atoms with Gasteiger partial charge >= 0.3 is 0 Å². The Labute approximate surface area is 121 Å². The van der Waals surface area contributed by atoms with Crippen LogP contribution in [0.25, 0.3) is 0 Å². The van der Waals surface area contributed by atoms with Crippen molar-refractivity contribution in [2.24, 2.45) is 5.73 Å². The number of pyridine rings is 1. The molecule has 1 aromatic heterocycles. The average molecular weight is 278 g/mol. The van der Waals surface area contributed by atoms with Crippen LogP contribution in [-0.4, -0.2) is 53.9 Å². The van der Waals surface area contributed by atoms with Crippen molar-refractivity contribution in [2.45, 2.75) is 32.4 Å². The van der Waals surface area contributed by atoms with E-state index in [4.69, 9.17) is 5.73 Å². The summed E-state index contributed by atoms with van der Waals surface area (Å²) in [5.74, 6) is 0.116. The maximum atomic E-state index is 12.3. The zero-order chi connectivity index (χ0) is 15.0. The smallest absolute Gasteiger partial charge is 0.224 e. The van der Waals surface area contributed by atoms with Crippen LogP contribution < -0.4 is 5.73 Å². The van der Waals surface area contributed by atoms with Gasteiger partial charge in [-0.2, -0.15) is 0 Å². The molecule has 1 atom stereocenters. The molecule has 0 bridgehead atoms. The molecule has 20 heavy (non-hydrogen) atoms. The largest absolute Gasteiger partial charge is 0.337 e. The first-order valence-corrected chi connectivity index (χ1v) is 7.10. The van der Waals surface area contributed by atoms with Gasteiger partial charge in [-0.05, 0) is 32.1 Å². The minimum Gasteiger partial charge on any atom is -0.337 e. The van der Waals surface area contributed by atoms with Gasteiger partial charge in [-0.15, -0.1) is 0 Å². The molecule has 1 rings (SSSR count). The van der Waals surface area contributed by atoms with E-state index >= 15 is 0 Å². The summed E-state index contributed by atoms with van der Waals surface area (Å²) >= 11 is 0. The van der Waals surface area contributed by atoms with Crippen molar-refractivity contribution in [1.82, 2.24) is 14.8 Å². The molecule has 112 valence electrons. The lowest BCUT2D eigenvalue weighted by molar-refractivity contribution is -0.132. The number of aromatic nitrogens is 1. The minimum atomic E-state index is -0.0572. The van der Waals surface area contributed by atoms with Crippen LogP contribution in [0.1, 0.15) is 25.3 Å². The molecule has 0 aliphatic heterocycles. The number of nitrogens with zero attached hydrogens (tertiary/aromatic N) is 3. The normalized spacial score (nSPS) is 12.4. The third-order valence-electron chi connectivity index (χ3n) is 3.23. The topological polar surface area (TPSA) is 62.5 Å². The Morgan fingerprint density at radius 3 is 2.70 bits per heavy atom. The molecule has 0 fully saturated rings. The molecule has 1 amide bonds. The van der Waals surface area contributed by atoms with Crippen LogP contribution >= 0.6 is 0 Å². The summed E-state index contributed by atoms with van der Waals surface area (Å²) in [5, 5.41) is 0. The maximum absolute atomic E-state index is 12.3. The second-order valence-electron chi connectivity index (χ2n) is 5.35. The molecule has 0 radical (unpaired) electrons. The summed E-state index contributed by atoms with van der Waals surface area (Å²) in [6.07, 6.45) is 4.77. The van der Waals surface area contributed by atoms with Gasteiger partial charge in [0.15, 0.2) is 0 Å². The average Bonchev–Trinajstić information content (AvgIpc) is 2.44. The lowest BCUT2D eigenvalue weighted by atomic mass is 10.1. The second kappa shape index (κ2) is 8.66. The number of hydrogen-bond acceptors (Lipinski definition) is 4. The van der Waals surface area contributed by atoms with Gasteiger partial charge in [0.05, 0.1) is 0 Å². The Balaban J connectivity index is 2.66. The monoisotopic (exact) mass is 278 g/mol. The van der Waals surface area contributed by atoms with Crippen LogP contribution in [0.2, 0.25) is 0 Å². The highest BCUT2D eigenvalue weighted by atomic mass is 16.2. The highest BCUT2D eigenvalue weighted by molar-refractivity contribution is 5.76. The molecule has 2 N–H and O–H groups in total. The molecule has 0 spiro atoms. The van der Waals surface area contributed by atoms with Gasteiger partial charge in [-0.1, -0.05) is 13.0 Å². The van der Waals surface area contributed by atoms with Crippen molar-refractivity contribution in [3.05, 3.63) is 30.1 Å². The fourth-order valence-corrected chi connectivity index (χ4v) is 1.82. The number of carbonyl (C=O) groups excluding carboxylic acids is 1. The highest BCUT2D eigenvalue weighted by Crippen LogP contribution is 2.07. The van der Waals surface area contributed by atoms with E-state index in [0.29, 0.717) is 19.5 Å². The van der Waals surface area contributed by atoms with Gasteiger partial charge in [-0.25, -0.2) is 0 Å². The molecule has 0 saturated carbocycles. The van der Waals surface area contributed by atoms with Gasteiger partial charge in [0.2, 0.25) is 5.91 Å². The van der Waals surface area contributed by atoms with Crippen molar-refractivity contribution in [3.8, 4) is 0 Å². The predicted molar refractivity (Wildman–Crippen MR) is 81.1 cm³/mol. The van der Waals surface area contributed by atoms with E-state index in [1.54, 1.807) is 12.4 Å². The lowest BCUT2D eigenvalue weighted by Gasteiger charge is -2.25. The zero-order valence-electron chi connectivity index (χ0n) is 12.7. The molecule has 5 heteroatoms. The summed E-state index contributed by atoms with van der Waals surface area (Å²) in [4.78, 5) is 20.4. The van der Waals surface area contributed by atoms with Crippen LogP contribution in [-0.2, 0) is 11.3 Å². The molecule has 0 aromatic carbocycles. The number of amides is 1. The maximum Gasteiger partial charge on any atom is 0.224 e. The van der Waals surface area contributed by atoms with Crippen LogP contribution in [0.3, 0.4) is 0 Å². The lowest BCUT2D eigenvalue weighted by Crippen LogP contribution is -2.39. The van der Waals surface area contributed by atoms with Crippen molar-refractivity contribution < 1.29 is 4.79 Å². The Bertz CT molecular complexity index is 394. The Hall–Kier alpha value is -1.46. The standard InChI is InChI=1S/C15H26N4O/c1-4-14(16)10-15(20)19(9-8-18(2)3)12-13-6-5-7-17-11-13/h5-7,11,14H,4,8-10,12,16H2,1-3H3. The fraction of sp³-hybridized carbons (Fsp3) is 0.600. The van der Waals surface area contributed by atoms with E-state index in [2.05, 4.69) is 9.88 Å². The van der Waals surface area contributed by atoms with Crippen LogP contribution in [0.5, 0.6) is 0 Å². The molecule has 5 nitrogen and oxygen atoms in total. The SMILES string of the molecule is CCC(N)CC(=O)N(CCN(C)C)Cc1cccnc1. The Morgan fingerprint density at radius 2 is 2.15 bits per heavy atom. The summed E-state index contributed by atoms with van der Waals surface area (Å²) in [6.45, 7) is 4.14. The van der Waals surface area contributed by atoms with Gasteiger partial charge in [0.1, 0.15) is 0 Å². The van der Waals surface area contributed by atoms with Crippen LogP contribution in [0, 0.1) is 0 Å². The van der Waals surface area contributed by atoms with Crippen molar-refractivity contribution in [2.75, 3.05) is 27.2 Å². The molecule has 1 heterocycles. The molecular weight excluding hydrogens is 252 g/mol. The predicted octanol–water partition coefficient (Wildman–Crippen LogP) is 1.10. The third kappa shape index (κ3) is 6.12. The van der Waals surface area contributed by atoms with Crippen molar-refractivity contribution >= 4 is 5.91 Å². The second-order valence-corrected chi connectivity index (χ2v) is 5.35. The van der Waals surface area contributed by atoms with Gasteiger partial charge in [0.25, 0.3) is 0 Å². The first kappa shape index (κ1) is 16.6. The fourth-order valence-electron chi connectivity index (χ4n) is 1.82. The number of likely N-dealkylation sites (N-methyl/N-ethyl adjacent to an activating group) is 1. The van der Waals surface area contributed by atoms with E-state index in [9.17, 15) is 4.79 Å². The zero-order valence-corrected chi connectivity index (χ0v) is 12.7. The number of nitrogens with two attached hydrogens (primary N) is 1. The number of rotatable bonds is 8. The van der Waals surface area contributed by atoms with E-state index in [0.717, 1.165) is 18.5 Å². The molecule has 1 unspecified atom stereocenters. The van der Waals surface area contributed by atoms with Gasteiger partial charge in [0, 0.05) is 44.5 Å². The van der Waals surface area contributed by atoms with E-state index in [-0.39, 0.29) is 11.9 Å². The summed E-state index contributed by atoms with van der Waals surface area (Å²) in [5.41, 5.74) is 6.94. The van der Waals surface area contributed by atoms with E-state index in [1.165, 1.54) is 0 Å².